The molecule has 1 aromatic carbocycles. The second-order valence-electron chi connectivity index (χ2n) is 3.76. The number of anilines is 1. The highest BCUT2D eigenvalue weighted by Crippen LogP contribution is 2.25. The van der Waals surface area contributed by atoms with Gasteiger partial charge in [0.1, 0.15) is 5.69 Å². The van der Waals surface area contributed by atoms with Crippen molar-refractivity contribution < 1.29 is 14.4 Å². The molecule has 0 aliphatic heterocycles. The molecule has 1 N–H and O–H groups in total. The Balaban J connectivity index is 2.54. The van der Waals surface area contributed by atoms with Gasteiger partial charge in [-0.3, -0.25) is 10.1 Å². The summed E-state index contributed by atoms with van der Waals surface area (Å²) >= 11 is 0. The van der Waals surface area contributed by atoms with Crippen LogP contribution in [0.2, 0.25) is 0 Å². The number of hydrogen-bond acceptors (Lipinski definition) is 5. The topological polar surface area (TPSA) is 73.6 Å². The third kappa shape index (κ3) is 4.31. The van der Waals surface area contributed by atoms with Crippen LogP contribution in [0.5, 0.6) is 0 Å². The molecule has 0 heterocycles. The zero-order chi connectivity index (χ0) is 13.4. The molecule has 0 spiro atoms. The van der Waals surface area contributed by atoms with Gasteiger partial charge in [-0.15, -0.1) is 0 Å². The summed E-state index contributed by atoms with van der Waals surface area (Å²) in [7, 11) is 3.31. The molecule has 18 heavy (non-hydrogen) atoms. The third-order valence-corrected chi connectivity index (χ3v) is 2.43. The van der Waals surface area contributed by atoms with Gasteiger partial charge in [0, 0.05) is 33.4 Å². The Bertz CT molecular complexity index is 396. The van der Waals surface area contributed by atoms with Gasteiger partial charge in [-0.2, -0.15) is 0 Å². The maximum Gasteiger partial charge on any atom is 0.292 e. The molecule has 100 valence electrons. The average molecular weight is 254 g/mol. The Hall–Kier alpha value is -1.66. The van der Waals surface area contributed by atoms with E-state index >= 15 is 0 Å². The molecular weight excluding hydrogens is 236 g/mol. The van der Waals surface area contributed by atoms with Crippen molar-refractivity contribution in [2.24, 2.45) is 0 Å². The Morgan fingerprint density at radius 1 is 1.39 bits per heavy atom. The van der Waals surface area contributed by atoms with E-state index in [-0.39, 0.29) is 5.69 Å². The number of hydrogen-bond donors (Lipinski definition) is 1. The molecule has 0 aliphatic rings. The fraction of sp³-hybridized carbons (Fsp3) is 0.500. The van der Waals surface area contributed by atoms with Crippen LogP contribution in [0.1, 0.15) is 12.0 Å². The zero-order valence-electron chi connectivity index (χ0n) is 10.6. The van der Waals surface area contributed by atoms with E-state index in [0.29, 0.717) is 25.5 Å². The summed E-state index contributed by atoms with van der Waals surface area (Å²) in [6, 6.07) is 4.92. The lowest BCUT2D eigenvalue weighted by Gasteiger charge is -2.07. The summed E-state index contributed by atoms with van der Waals surface area (Å²) < 4.78 is 10.4. The highest BCUT2D eigenvalue weighted by atomic mass is 16.6. The SMILES string of the molecule is CNc1cc(COCCCOC)ccc1[N+](=O)[O-]. The Morgan fingerprint density at radius 3 is 2.78 bits per heavy atom. The first kappa shape index (κ1) is 14.4. The van der Waals surface area contributed by atoms with Gasteiger partial charge < -0.3 is 14.8 Å². The minimum Gasteiger partial charge on any atom is -0.385 e. The monoisotopic (exact) mass is 254 g/mol. The molecule has 6 heteroatoms. The summed E-state index contributed by atoms with van der Waals surface area (Å²) in [5.74, 6) is 0. The number of nitro benzene ring substituents is 1. The molecule has 0 aliphatic carbocycles. The molecule has 6 nitrogen and oxygen atoms in total. The molecular formula is C12H18N2O4. The van der Waals surface area contributed by atoms with Crippen molar-refractivity contribution in [2.45, 2.75) is 13.0 Å². The maximum atomic E-state index is 10.7. The van der Waals surface area contributed by atoms with Crippen molar-refractivity contribution in [3.05, 3.63) is 33.9 Å². The zero-order valence-corrected chi connectivity index (χ0v) is 10.6. The normalized spacial score (nSPS) is 10.3. The summed E-state index contributed by atoms with van der Waals surface area (Å²) in [6.45, 7) is 1.72. The molecule has 0 aromatic heterocycles. The first-order chi connectivity index (χ1) is 8.69. The maximum absolute atomic E-state index is 10.7. The predicted molar refractivity (Wildman–Crippen MR) is 68.8 cm³/mol. The van der Waals surface area contributed by atoms with E-state index in [9.17, 15) is 10.1 Å². The fourth-order valence-corrected chi connectivity index (χ4v) is 1.53. The molecule has 0 saturated heterocycles. The van der Waals surface area contributed by atoms with Crippen LogP contribution >= 0.6 is 0 Å². The summed E-state index contributed by atoms with van der Waals surface area (Å²) in [5, 5.41) is 13.6. The van der Waals surface area contributed by atoms with E-state index in [1.165, 1.54) is 6.07 Å². The quantitative estimate of drug-likeness (QED) is 0.437. The van der Waals surface area contributed by atoms with E-state index in [0.717, 1.165) is 12.0 Å². The number of rotatable bonds is 8. The molecule has 0 unspecified atom stereocenters. The van der Waals surface area contributed by atoms with Gasteiger partial charge in [0.2, 0.25) is 0 Å². The molecule has 0 amide bonds. The van der Waals surface area contributed by atoms with Crippen molar-refractivity contribution in [3.63, 3.8) is 0 Å². The predicted octanol–water partition coefficient (Wildman–Crippen LogP) is 2.19. The van der Waals surface area contributed by atoms with Gasteiger partial charge in [0.05, 0.1) is 11.5 Å². The van der Waals surface area contributed by atoms with Gasteiger partial charge in [-0.1, -0.05) is 0 Å². The second-order valence-corrected chi connectivity index (χ2v) is 3.76. The molecule has 0 atom stereocenters. The van der Waals surface area contributed by atoms with Gasteiger partial charge in [0.15, 0.2) is 0 Å². The van der Waals surface area contributed by atoms with Crippen molar-refractivity contribution in [1.82, 2.24) is 0 Å². The van der Waals surface area contributed by atoms with Gasteiger partial charge >= 0.3 is 0 Å². The van der Waals surface area contributed by atoms with Crippen LogP contribution in [0.3, 0.4) is 0 Å². The lowest BCUT2D eigenvalue weighted by atomic mass is 10.2. The summed E-state index contributed by atoms with van der Waals surface area (Å²) in [5.41, 5.74) is 1.47. The number of ether oxygens (including phenoxy) is 2. The molecule has 1 rings (SSSR count). The van der Waals surface area contributed by atoms with Crippen molar-refractivity contribution >= 4 is 11.4 Å². The summed E-state index contributed by atoms with van der Waals surface area (Å²) in [4.78, 5) is 10.3. The Morgan fingerprint density at radius 2 is 2.17 bits per heavy atom. The van der Waals surface area contributed by atoms with Crippen molar-refractivity contribution in [1.29, 1.82) is 0 Å². The lowest BCUT2D eigenvalue weighted by Crippen LogP contribution is -2.01. The van der Waals surface area contributed by atoms with Crippen LogP contribution < -0.4 is 5.32 Å². The van der Waals surface area contributed by atoms with Crippen LogP contribution in [0.15, 0.2) is 18.2 Å². The minimum atomic E-state index is -0.408. The Labute approximate surface area is 106 Å². The molecule has 0 radical (unpaired) electrons. The van der Waals surface area contributed by atoms with E-state index in [4.69, 9.17) is 9.47 Å². The highest BCUT2D eigenvalue weighted by molar-refractivity contribution is 5.62. The van der Waals surface area contributed by atoms with Crippen LogP contribution in [0.4, 0.5) is 11.4 Å². The fourth-order valence-electron chi connectivity index (χ4n) is 1.53. The van der Waals surface area contributed by atoms with Crippen LogP contribution in [0, 0.1) is 10.1 Å². The number of nitrogens with one attached hydrogen (secondary N) is 1. The number of nitrogens with zero attached hydrogens (tertiary/aromatic N) is 1. The van der Waals surface area contributed by atoms with Crippen LogP contribution in [-0.4, -0.2) is 32.3 Å². The number of benzene rings is 1. The lowest BCUT2D eigenvalue weighted by molar-refractivity contribution is -0.384. The molecule has 0 bridgehead atoms. The summed E-state index contributed by atoms with van der Waals surface area (Å²) in [6.07, 6.45) is 0.836. The second kappa shape index (κ2) is 7.62. The number of nitro groups is 1. The van der Waals surface area contributed by atoms with Gasteiger partial charge in [-0.05, 0) is 24.1 Å². The molecule has 1 aromatic rings. The minimum absolute atomic E-state index is 0.0700. The smallest absolute Gasteiger partial charge is 0.292 e. The van der Waals surface area contributed by atoms with Crippen LogP contribution in [-0.2, 0) is 16.1 Å². The highest BCUT2D eigenvalue weighted by Gasteiger charge is 2.12. The van der Waals surface area contributed by atoms with E-state index < -0.39 is 4.92 Å². The first-order valence-electron chi connectivity index (χ1n) is 5.70. The average Bonchev–Trinajstić information content (AvgIpc) is 2.38. The van der Waals surface area contributed by atoms with Crippen molar-refractivity contribution in [2.75, 3.05) is 32.7 Å². The number of methoxy groups -OCH3 is 1. The van der Waals surface area contributed by atoms with Crippen molar-refractivity contribution in [3.8, 4) is 0 Å². The molecule has 0 fully saturated rings. The molecule has 0 saturated carbocycles. The van der Waals surface area contributed by atoms with Gasteiger partial charge in [0.25, 0.3) is 5.69 Å². The van der Waals surface area contributed by atoms with E-state index in [1.54, 1.807) is 26.3 Å². The van der Waals surface area contributed by atoms with E-state index in [2.05, 4.69) is 5.32 Å². The largest absolute Gasteiger partial charge is 0.385 e. The van der Waals surface area contributed by atoms with E-state index in [1.807, 2.05) is 0 Å². The van der Waals surface area contributed by atoms with Crippen LogP contribution in [0.25, 0.3) is 0 Å². The standard InChI is InChI=1S/C12H18N2O4/c1-13-11-8-10(4-5-12(11)14(15)16)9-18-7-3-6-17-2/h4-5,8,13H,3,6-7,9H2,1-2H3. The first-order valence-corrected chi connectivity index (χ1v) is 5.70. The Kier molecular flexibility index (Phi) is 6.10. The van der Waals surface area contributed by atoms with Gasteiger partial charge in [-0.25, -0.2) is 0 Å². The third-order valence-electron chi connectivity index (χ3n) is 2.43.